The maximum Gasteiger partial charge on any atom is 0.376 e. The lowest BCUT2D eigenvalue weighted by Gasteiger charge is -2.19. The Morgan fingerprint density at radius 3 is 2.28 bits per heavy atom. The van der Waals surface area contributed by atoms with Crippen molar-refractivity contribution in [2.75, 3.05) is 0 Å². The summed E-state index contributed by atoms with van der Waals surface area (Å²) >= 11 is 5.94. The number of hydrogen-bond acceptors (Lipinski definition) is 3. The molecule has 0 saturated heterocycles. The second-order valence-corrected chi connectivity index (χ2v) is 5.55. The topological polar surface area (TPSA) is 43.4 Å². The molecule has 0 saturated carbocycles. The highest BCUT2D eigenvalue weighted by Gasteiger charge is 2.28. The summed E-state index contributed by atoms with van der Waals surface area (Å²) in [7, 11) is 0. The Balaban J connectivity index is 2.59. The highest BCUT2D eigenvalue weighted by molar-refractivity contribution is 6.47. The Morgan fingerprint density at radius 1 is 1.22 bits per heavy atom. The third kappa shape index (κ3) is 4.88. The van der Waals surface area contributed by atoms with Gasteiger partial charge in [0, 0.05) is 0 Å². The number of esters is 1. The van der Waals surface area contributed by atoms with Crippen molar-refractivity contribution in [1.29, 1.82) is 0 Å². The van der Waals surface area contributed by atoms with E-state index in [1.165, 1.54) is 0 Å². The van der Waals surface area contributed by atoms with E-state index in [4.69, 9.17) is 16.3 Å². The summed E-state index contributed by atoms with van der Waals surface area (Å²) in [6.07, 6.45) is 0.320. The standard InChI is InChI=1S/C14H17ClO3/c1-14(2,3)18-13(17)12(16)11(15)9-10-7-5-4-6-8-10/h4-8,11H,9H2,1-3H3/t11-/m1/s1. The summed E-state index contributed by atoms with van der Waals surface area (Å²) in [5.41, 5.74) is 0.227. The second-order valence-electron chi connectivity index (χ2n) is 5.02. The predicted octanol–water partition coefficient (Wildman–Crippen LogP) is 2.75. The van der Waals surface area contributed by atoms with E-state index in [0.29, 0.717) is 6.42 Å². The van der Waals surface area contributed by atoms with Gasteiger partial charge in [-0.3, -0.25) is 4.79 Å². The van der Waals surface area contributed by atoms with Gasteiger partial charge in [0.15, 0.2) is 0 Å². The molecule has 0 aliphatic rings. The van der Waals surface area contributed by atoms with Crippen LogP contribution in [-0.4, -0.2) is 22.7 Å². The summed E-state index contributed by atoms with van der Waals surface area (Å²) < 4.78 is 4.99. The van der Waals surface area contributed by atoms with Gasteiger partial charge >= 0.3 is 5.97 Å². The van der Waals surface area contributed by atoms with E-state index in [1.807, 2.05) is 30.3 Å². The first-order valence-electron chi connectivity index (χ1n) is 5.75. The number of carbonyl (C=O) groups excluding carboxylic acids is 2. The smallest absolute Gasteiger partial charge is 0.376 e. The van der Waals surface area contributed by atoms with Crippen LogP contribution in [0.1, 0.15) is 26.3 Å². The molecular formula is C14H17ClO3. The van der Waals surface area contributed by atoms with Gasteiger partial charge in [0.1, 0.15) is 11.0 Å². The average molecular weight is 269 g/mol. The van der Waals surface area contributed by atoms with Crippen molar-refractivity contribution in [3.63, 3.8) is 0 Å². The fraction of sp³-hybridized carbons (Fsp3) is 0.429. The van der Waals surface area contributed by atoms with Gasteiger partial charge in [-0.2, -0.15) is 0 Å². The van der Waals surface area contributed by atoms with Crippen molar-refractivity contribution in [3.05, 3.63) is 35.9 Å². The molecular weight excluding hydrogens is 252 g/mol. The summed E-state index contributed by atoms with van der Waals surface area (Å²) in [6.45, 7) is 5.12. The Hall–Kier alpha value is -1.35. The van der Waals surface area contributed by atoms with Gasteiger partial charge in [0.2, 0.25) is 0 Å². The molecule has 0 fully saturated rings. The van der Waals surface area contributed by atoms with Crippen LogP contribution in [-0.2, 0) is 20.7 Å². The lowest BCUT2D eigenvalue weighted by molar-refractivity contribution is -0.162. The van der Waals surface area contributed by atoms with E-state index in [0.717, 1.165) is 5.56 Å². The molecule has 0 bridgehead atoms. The van der Waals surface area contributed by atoms with E-state index in [2.05, 4.69) is 0 Å². The molecule has 1 atom stereocenters. The third-order valence-electron chi connectivity index (χ3n) is 2.14. The second kappa shape index (κ2) is 6.01. The highest BCUT2D eigenvalue weighted by Crippen LogP contribution is 2.13. The van der Waals surface area contributed by atoms with Gasteiger partial charge < -0.3 is 4.74 Å². The van der Waals surface area contributed by atoms with Gasteiger partial charge in [0.25, 0.3) is 5.78 Å². The van der Waals surface area contributed by atoms with Crippen LogP contribution in [0.5, 0.6) is 0 Å². The van der Waals surface area contributed by atoms with Crippen molar-refractivity contribution >= 4 is 23.4 Å². The molecule has 0 N–H and O–H groups in total. The van der Waals surface area contributed by atoms with Crippen molar-refractivity contribution in [3.8, 4) is 0 Å². The number of benzene rings is 1. The predicted molar refractivity (Wildman–Crippen MR) is 70.6 cm³/mol. The van der Waals surface area contributed by atoms with Crippen LogP contribution in [0.25, 0.3) is 0 Å². The molecule has 0 aromatic heterocycles. The lowest BCUT2D eigenvalue weighted by atomic mass is 10.1. The number of alkyl halides is 1. The quantitative estimate of drug-likeness (QED) is 0.479. The Kier molecular flexibility index (Phi) is 4.91. The zero-order valence-electron chi connectivity index (χ0n) is 10.8. The zero-order valence-corrected chi connectivity index (χ0v) is 11.5. The summed E-state index contributed by atoms with van der Waals surface area (Å²) in [5.74, 6) is -1.58. The molecule has 0 unspecified atom stereocenters. The molecule has 0 aliphatic heterocycles. The van der Waals surface area contributed by atoms with Crippen molar-refractivity contribution in [2.24, 2.45) is 0 Å². The van der Waals surface area contributed by atoms with Crippen LogP contribution in [0.4, 0.5) is 0 Å². The van der Waals surface area contributed by atoms with Gasteiger partial charge in [0.05, 0.1) is 0 Å². The van der Waals surface area contributed by atoms with Gasteiger partial charge in [-0.15, -0.1) is 11.6 Å². The highest BCUT2D eigenvalue weighted by atomic mass is 35.5. The molecule has 0 aliphatic carbocycles. The van der Waals surface area contributed by atoms with Crippen LogP contribution >= 0.6 is 11.6 Å². The minimum absolute atomic E-state index is 0.320. The number of halogens is 1. The number of carbonyl (C=O) groups is 2. The van der Waals surface area contributed by atoms with E-state index in [9.17, 15) is 9.59 Å². The monoisotopic (exact) mass is 268 g/mol. The van der Waals surface area contributed by atoms with E-state index in [-0.39, 0.29) is 0 Å². The molecule has 0 radical (unpaired) electrons. The molecule has 1 aromatic carbocycles. The summed E-state index contributed by atoms with van der Waals surface area (Å²) in [4.78, 5) is 23.3. The fourth-order valence-corrected chi connectivity index (χ4v) is 1.64. The number of hydrogen-bond donors (Lipinski definition) is 0. The normalized spacial score (nSPS) is 12.9. The Labute approximate surface area is 112 Å². The molecule has 4 heteroatoms. The Morgan fingerprint density at radius 2 is 1.78 bits per heavy atom. The van der Waals surface area contributed by atoms with Crippen LogP contribution in [0.2, 0.25) is 0 Å². The number of ether oxygens (including phenoxy) is 1. The third-order valence-corrected chi connectivity index (χ3v) is 2.49. The number of Topliss-reactive ketones (excluding diaryl/α,β-unsaturated/α-hetero) is 1. The summed E-state index contributed by atoms with van der Waals surface area (Å²) in [6, 6.07) is 9.31. The maximum absolute atomic E-state index is 11.7. The first kappa shape index (κ1) is 14.7. The molecule has 0 heterocycles. The van der Waals surface area contributed by atoms with Crippen molar-refractivity contribution < 1.29 is 14.3 Å². The van der Waals surface area contributed by atoms with Crippen LogP contribution in [0, 0.1) is 0 Å². The first-order valence-corrected chi connectivity index (χ1v) is 6.18. The minimum Gasteiger partial charge on any atom is -0.454 e. The molecule has 18 heavy (non-hydrogen) atoms. The first-order chi connectivity index (χ1) is 8.29. The van der Waals surface area contributed by atoms with Crippen LogP contribution in [0.3, 0.4) is 0 Å². The zero-order chi connectivity index (χ0) is 13.8. The largest absolute Gasteiger partial charge is 0.454 e. The van der Waals surface area contributed by atoms with E-state index < -0.39 is 22.7 Å². The molecule has 0 spiro atoms. The van der Waals surface area contributed by atoms with E-state index >= 15 is 0 Å². The molecule has 3 nitrogen and oxygen atoms in total. The van der Waals surface area contributed by atoms with Gasteiger partial charge in [-0.25, -0.2) is 4.79 Å². The minimum atomic E-state index is -0.887. The number of ketones is 1. The maximum atomic E-state index is 11.7. The molecule has 98 valence electrons. The molecule has 1 aromatic rings. The SMILES string of the molecule is CC(C)(C)OC(=O)C(=O)[C@H](Cl)Cc1ccccc1. The van der Waals surface area contributed by atoms with Crippen molar-refractivity contribution in [2.45, 2.75) is 38.2 Å². The molecule has 1 rings (SSSR count). The van der Waals surface area contributed by atoms with Crippen molar-refractivity contribution in [1.82, 2.24) is 0 Å². The average Bonchev–Trinajstić information content (AvgIpc) is 2.27. The van der Waals surface area contributed by atoms with Gasteiger partial charge in [-0.05, 0) is 32.8 Å². The number of rotatable bonds is 4. The van der Waals surface area contributed by atoms with Crippen LogP contribution < -0.4 is 0 Å². The van der Waals surface area contributed by atoms with Gasteiger partial charge in [-0.1, -0.05) is 30.3 Å². The van der Waals surface area contributed by atoms with Crippen LogP contribution in [0.15, 0.2) is 30.3 Å². The Bertz CT molecular complexity index is 420. The fourth-order valence-electron chi connectivity index (χ4n) is 1.37. The summed E-state index contributed by atoms with van der Waals surface area (Å²) in [5, 5.41) is -0.887. The lowest BCUT2D eigenvalue weighted by Crippen LogP contribution is -2.34. The molecule has 0 amide bonds. The van der Waals surface area contributed by atoms with E-state index in [1.54, 1.807) is 20.8 Å².